The second-order valence-corrected chi connectivity index (χ2v) is 6.33. The molecule has 5 heteroatoms. The molecule has 3 rings (SSSR count). The van der Waals surface area contributed by atoms with Crippen LogP contribution >= 0.6 is 0 Å². The zero-order chi connectivity index (χ0) is 14.5. The van der Waals surface area contributed by atoms with E-state index in [9.17, 15) is 0 Å². The van der Waals surface area contributed by atoms with Gasteiger partial charge in [0, 0.05) is 38.4 Å². The molecule has 0 aromatic carbocycles. The molecule has 1 atom stereocenters. The average molecular weight is 289 g/mol. The molecule has 0 N–H and O–H groups in total. The zero-order valence-electron chi connectivity index (χ0n) is 13.1. The minimum atomic E-state index is 0.803. The number of rotatable bonds is 4. The van der Waals surface area contributed by atoms with Crippen LogP contribution in [0.2, 0.25) is 0 Å². The van der Waals surface area contributed by atoms with E-state index in [-0.39, 0.29) is 0 Å². The highest BCUT2D eigenvalue weighted by Crippen LogP contribution is 2.19. The third-order valence-electron chi connectivity index (χ3n) is 4.95. The van der Waals surface area contributed by atoms with Crippen molar-refractivity contribution in [3.05, 3.63) is 18.3 Å². The number of anilines is 1. The summed E-state index contributed by atoms with van der Waals surface area (Å²) in [7, 11) is 2.29. The molecule has 21 heavy (non-hydrogen) atoms. The SMILES string of the molecule is CN1CCCCC1CCN1CCN(c2cccnn2)CC1. The normalized spacial score (nSPS) is 25.2. The lowest BCUT2D eigenvalue weighted by molar-refractivity contribution is 0.151. The molecule has 1 aromatic heterocycles. The number of hydrogen-bond acceptors (Lipinski definition) is 5. The van der Waals surface area contributed by atoms with Gasteiger partial charge in [0.2, 0.25) is 0 Å². The first kappa shape index (κ1) is 14.7. The summed E-state index contributed by atoms with van der Waals surface area (Å²) in [5, 5.41) is 8.18. The maximum atomic E-state index is 4.21. The second kappa shape index (κ2) is 7.18. The Bertz CT molecular complexity index is 416. The van der Waals surface area contributed by atoms with E-state index in [4.69, 9.17) is 0 Å². The van der Waals surface area contributed by atoms with E-state index in [2.05, 4.69) is 38.0 Å². The van der Waals surface area contributed by atoms with Crippen molar-refractivity contribution in [2.75, 3.05) is 51.2 Å². The largest absolute Gasteiger partial charge is 0.353 e. The highest BCUT2D eigenvalue weighted by Gasteiger charge is 2.22. The summed E-state index contributed by atoms with van der Waals surface area (Å²) in [5.74, 6) is 1.02. The van der Waals surface area contributed by atoms with Gasteiger partial charge in [0.25, 0.3) is 0 Å². The standard InChI is InChI=1S/C16H27N5/c1-19-9-3-2-5-15(19)7-10-20-11-13-21(14-12-20)16-6-4-8-17-18-16/h4,6,8,15H,2-3,5,7,9-14H2,1H3. The Morgan fingerprint density at radius 3 is 2.71 bits per heavy atom. The fourth-order valence-corrected chi connectivity index (χ4v) is 3.50. The Morgan fingerprint density at radius 1 is 1.14 bits per heavy atom. The molecule has 0 bridgehead atoms. The molecule has 2 aliphatic heterocycles. The van der Waals surface area contributed by atoms with Gasteiger partial charge in [-0.05, 0) is 51.5 Å². The van der Waals surface area contributed by atoms with Crippen LogP contribution in [0.1, 0.15) is 25.7 Å². The summed E-state index contributed by atoms with van der Waals surface area (Å²) in [4.78, 5) is 7.50. The summed E-state index contributed by atoms with van der Waals surface area (Å²) in [5.41, 5.74) is 0. The number of likely N-dealkylation sites (tertiary alicyclic amines) is 1. The first-order valence-corrected chi connectivity index (χ1v) is 8.28. The van der Waals surface area contributed by atoms with Crippen molar-refractivity contribution in [3.63, 3.8) is 0 Å². The Morgan fingerprint density at radius 2 is 2.00 bits per heavy atom. The maximum absolute atomic E-state index is 4.21. The first-order chi connectivity index (χ1) is 10.3. The van der Waals surface area contributed by atoms with Gasteiger partial charge in [-0.15, -0.1) is 5.10 Å². The van der Waals surface area contributed by atoms with E-state index >= 15 is 0 Å². The van der Waals surface area contributed by atoms with Crippen molar-refractivity contribution in [3.8, 4) is 0 Å². The molecule has 0 amide bonds. The van der Waals surface area contributed by atoms with Crippen LogP contribution in [0.3, 0.4) is 0 Å². The third-order valence-corrected chi connectivity index (χ3v) is 4.95. The van der Waals surface area contributed by atoms with Gasteiger partial charge >= 0.3 is 0 Å². The van der Waals surface area contributed by atoms with E-state index < -0.39 is 0 Å². The molecule has 0 aliphatic carbocycles. The fraction of sp³-hybridized carbons (Fsp3) is 0.750. The monoisotopic (exact) mass is 289 g/mol. The third kappa shape index (κ3) is 3.92. The van der Waals surface area contributed by atoms with Crippen molar-refractivity contribution in [1.82, 2.24) is 20.0 Å². The first-order valence-electron chi connectivity index (χ1n) is 8.28. The maximum Gasteiger partial charge on any atom is 0.151 e. The van der Waals surface area contributed by atoms with Gasteiger partial charge in [-0.25, -0.2) is 0 Å². The van der Waals surface area contributed by atoms with Crippen molar-refractivity contribution < 1.29 is 0 Å². The van der Waals surface area contributed by atoms with Crippen molar-refractivity contribution >= 4 is 5.82 Å². The van der Waals surface area contributed by atoms with Crippen LogP contribution in [-0.4, -0.2) is 72.4 Å². The van der Waals surface area contributed by atoms with E-state index in [1.807, 2.05) is 6.07 Å². The predicted molar refractivity (Wildman–Crippen MR) is 85.6 cm³/mol. The Labute approximate surface area is 127 Å². The summed E-state index contributed by atoms with van der Waals surface area (Å²) in [6.45, 7) is 6.95. The van der Waals surface area contributed by atoms with Gasteiger partial charge in [-0.1, -0.05) is 6.42 Å². The molecule has 5 nitrogen and oxygen atoms in total. The molecular formula is C16H27N5. The topological polar surface area (TPSA) is 35.5 Å². The van der Waals surface area contributed by atoms with Crippen LogP contribution in [0.4, 0.5) is 5.82 Å². The Kier molecular flexibility index (Phi) is 5.04. The molecule has 2 fully saturated rings. The van der Waals surface area contributed by atoms with E-state index in [1.54, 1.807) is 6.20 Å². The zero-order valence-corrected chi connectivity index (χ0v) is 13.1. The lowest BCUT2D eigenvalue weighted by atomic mass is 10.00. The molecule has 0 radical (unpaired) electrons. The van der Waals surface area contributed by atoms with Crippen LogP contribution in [-0.2, 0) is 0 Å². The fourth-order valence-electron chi connectivity index (χ4n) is 3.50. The second-order valence-electron chi connectivity index (χ2n) is 6.33. The van der Waals surface area contributed by atoms with E-state index in [1.165, 1.54) is 38.8 Å². The highest BCUT2D eigenvalue weighted by atomic mass is 15.3. The molecule has 3 heterocycles. The van der Waals surface area contributed by atoms with Crippen molar-refractivity contribution in [2.45, 2.75) is 31.7 Å². The van der Waals surface area contributed by atoms with Gasteiger partial charge in [0.05, 0.1) is 0 Å². The minimum Gasteiger partial charge on any atom is -0.353 e. The van der Waals surface area contributed by atoms with Crippen LogP contribution in [0.15, 0.2) is 18.3 Å². The van der Waals surface area contributed by atoms with Gasteiger partial charge in [0.1, 0.15) is 0 Å². The van der Waals surface area contributed by atoms with Crippen molar-refractivity contribution in [1.29, 1.82) is 0 Å². The summed E-state index contributed by atoms with van der Waals surface area (Å²) in [6, 6.07) is 4.82. The lowest BCUT2D eigenvalue weighted by Gasteiger charge is -2.37. The summed E-state index contributed by atoms with van der Waals surface area (Å²) in [6.07, 6.45) is 7.23. The van der Waals surface area contributed by atoms with Gasteiger partial charge in [0.15, 0.2) is 5.82 Å². The van der Waals surface area contributed by atoms with Crippen LogP contribution in [0.5, 0.6) is 0 Å². The molecule has 116 valence electrons. The van der Waals surface area contributed by atoms with Crippen LogP contribution in [0, 0.1) is 0 Å². The summed E-state index contributed by atoms with van der Waals surface area (Å²) < 4.78 is 0. The van der Waals surface area contributed by atoms with Gasteiger partial charge in [-0.2, -0.15) is 5.10 Å². The number of piperazine rings is 1. The summed E-state index contributed by atoms with van der Waals surface area (Å²) >= 11 is 0. The molecular weight excluding hydrogens is 262 g/mol. The van der Waals surface area contributed by atoms with Crippen LogP contribution in [0.25, 0.3) is 0 Å². The average Bonchev–Trinajstić information content (AvgIpc) is 2.55. The number of piperidine rings is 1. The predicted octanol–water partition coefficient (Wildman–Crippen LogP) is 1.47. The molecule has 0 spiro atoms. The molecule has 0 saturated carbocycles. The van der Waals surface area contributed by atoms with Crippen molar-refractivity contribution in [2.24, 2.45) is 0 Å². The van der Waals surface area contributed by atoms with E-state index in [0.717, 1.165) is 38.0 Å². The lowest BCUT2D eigenvalue weighted by Crippen LogP contribution is -2.48. The Balaban J connectivity index is 1.41. The van der Waals surface area contributed by atoms with Gasteiger partial charge in [-0.3, -0.25) is 4.90 Å². The quantitative estimate of drug-likeness (QED) is 0.839. The highest BCUT2D eigenvalue weighted by molar-refractivity contribution is 5.36. The van der Waals surface area contributed by atoms with Crippen LogP contribution < -0.4 is 4.90 Å². The van der Waals surface area contributed by atoms with E-state index in [0.29, 0.717) is 0 Å². The molecule has 2 saturated heterocycles. The number of nitrogens with zero attached hydrogens (tertiary/aromatic N) is 5. The molecule has 2 aliphatic rings. The molecule has 1 aromatic rings. The smallest absolute Gasteiger partial charge is 0.151 e. The number of aromatic nitrogens is 2. The number of hydrogen-bond donors (Lipinski definition) is 0. The van der Waals surface area contributed by atoms with Gasteiger partial charge < -0.3 is 9.80 Å². The Hall–Kier alpha value is -1.20. The minimum absolute atomic E-state index is 0.803. The molecule has 1 unspecified atom stereocenters.